The first-order valence-electron chi connectivity index (χ1n) is 4.28. The zero-order valence-electron chi connectivity index (χ0n) is 7.70. The topological polar surface area (TPSA) is 71.8 Å². The van der Waals surface area contributed by atoms with E-state index in [0.717, 1.165) is 6.20 Å². The zero-order valence-corrected chi connectivity index (χ0v) is 7.70. The van der Waals surface area contributed by atoms with Crippen LogP contribution in [0.1, 0.15) is 10.4 Å². The van der Waals surface area contributed by atoms with E-state index in [1.165, 1.54) is 6.07 Å². The van der Waals surface area contributed by atoms with Gasteiger partial charge in [-0.15, -0.1) is 0 Å². The molecule has 2 rings (SSSR count). The van der Waals surface area contributed by atoms with Crippen molar-refractivity contribution in [2.24, 2.45) is 5.73 Å². The molecule has 3 N–H and O–H groups in total. The molecular formula is C10H8FN3O. The minimum atomic E-state index is -0.598. The number of benzene rings is 1. The number of nitrogens with one attached hydrogen (secondary N) is 1. The highest BCUT2D eigenvalue weighted by Gasteiger charge is 2.13. The SMILES string of the molecule is NC(=O)c1ccccc1-c1[nH]ncc1F. The van der Waals surface area contributed by atoms with Crippen molar-refractivity contribution in [2.75, 3.05) is 0 Å². The average Bonchev–Trinajstić information content (AvgIpc) is 2.64. The van der Waals surface area contributed by atoms with E-state index in [9.17, 15) is 9.18 Å². The summed E-state index contributed by atoms with van der Waals surface area (Å²) in [5.74, 6) is -1.11. The van der Waals surface area contributed by atoms with Crippen molar-refractivity contribution in [1.82, 2.24) is 10.2 Å². The molecule has 0 bridgehead atoms. The van der Waals surface area contributed by atoms with Crippen LogP contribution in [0.5, 0.6) is 0 Å². The van der Waals surface area contributed by atoms with Crippen LogP contribution < -0.4 is 5.73 Å². The number of H-pyrrole nitrogens is 1. The van der Waals surface area contributed by atoms with Gasteiger partial charge in [0.1, 0.15) is 5.69 Å². The van der Waals surface area contributed by atoms with Gasteiger partial charge in [-0.1, -0.05) is 18.2 Å². The number of nitrogens with two attached hydrogens (primary N) is 1. The van der Waals surface area contributed by atoms with Gasteiger partial charge in [-0.05, 0) is 6.07 Å². The third-order valence-electron chi connectivity index (χ3n) is 2.05. The summed E-state index contributed by atoms with van der Waals surface area (Å²) in [6.45, 7) is 0. The molecule has 1 amide bonds. The molecule has 1 heterocycles. The molecule has 0 unspecified atom stereocenters. The molecule has 0 aliphatic rings. The van der Waals surface area contributed by atoms with E-state index >= 15 is 0 Å². The Labute approximate surface area is 84.9 Å². The first kappa shape index (κ1) is 9.39. The number of nitrogens with zero attached hydrogens (tertiary/aromatic N) is 1. The molecule has 76 valence electrons. The molecule has 0 aliphatic carbocycles. The highest BCUT2D eigenvalue weighted by molar-refractivity contribution is 5.99. The zero-order chi connectivity index (χ0) is 10.8. The van der Waals surface area contributed by atoms with Gasteiger partial charge in [0.05, 0.1) is 6.20 Å². The Balaban J connectivity index is 2.63. The molecule has 0 fully saturated rings. The van der Waals surface area contributed by atoms with Gasteiger partial charge in [-0.25, -0.2) is 4.39 Å². The van der Waals surface area contributed by atoms with Crippen molar-refractivity contribution in [3.05, 3.63) is 41.8 Å². The second-order valence-electron chi connectivity index (χ2n) is 3.00. The molecule has 1 aromatic heterocycles. The Morgan fingerprint density at radius 3 is 2.73 bits per heavy atom. The highest BCUT2D eigenvalue weighted by Crippen LogP contribution is 2.23. The minimum Gasteiger partial charge on any atom is -0.366 e. The number of carbonyl (C=O) groups excluding carboxylic acids is 1. The lowest BCUT2D eigenvalue weighted by molar-refractivity contribution is 0.100. The maximum Gasteiger partial charge on any atom is 0.249 e. The van der Waals surface area contributed by atoms with E-state index in [0.29, 0.717) is 5.56 Å². The Morgan fingerprint density at radius 1 is 1.40 bits per heavy atom. The molecule has 4 nitrogen and oxygen atoms in total. The predicted octanol–water partition coefficient (Wildman–Crippen LogP) is 1.31. The molecule has 0 atom stereocenters. The lowest BCUT2D eigenvalue weighted by Crippen LogP contribution is -2.12. The molecule has 2 aromatic rings. The van der Waals surface area contributed by atoms with Crippen LogP contribution in [0.4, 0.5) is 4.39 Å². The Morgan fingerprint density at radius 2 is 2.13 bits per heavy atom. The molecule has 0 saturated heterocycles. The summed E-state index contributed by atoms with van der Waals surface area (Å²) in [7, 11) is 0. The average molecular weight is 205 g/mol. The maximum absolute atomic E-state index is 13.2. The number of primary amides is 1. The molecule has 0 spiro atoms. The molecular weight excluding hydrogens is 197 g/mol. The van der Waals surface area contributed by atoms with E-state index < -0.39 is 11.7 Å². The van der Waals surface area contributed by atoms with Crippen LogP contribution >= 0.6 is 0 Å². The highest BCUT2D eigenvalue weighted by atomic mass is 19.1. The van der Waals surface area contributed by atoms with Crippen molar-refractivity contribution in [3.8, 4) is 11.3 Å². The number of aromatic amines is 1. The summed E-state index contributed by atoms with van der Waals surface area (Å²) in [5, 5.41) is 6.03. The number of aromatic nitrogens is 2. The van der Waals surface area contributed by atoms with Gasteiger partial charge in [-0.2, -0.15) is 5.10 Å². The number of hydrogen-bond acceptors (Lipinski definition) is 2. The summed E-state index contributed by atoms with van der Waals surface area (Å²) in [6, 6.07) is 6.51. The van der Waals surface area contributed by atoms with Gasteiger partial charge < -0.3 is 5.73 Å². The van der Waals surface area contributed by atoms with E-state index in [1.54, 1.807) is 18.2 Å². The minimum absolute atomic E-state index is 0.171. The fourth-order valence-electron chi connectivity index (χ4n) is 1.38. The van der Waals surface area contributed by atoms with E-state index in [1.807, 2.05) is 0 Å². The van der Waals surface area contributed by atoms with Gasteiger partial charge in [-0.3, -0.25) is 9.89 Å². The van der Waals surface area contributed by atoms with Crippen LogP contribution in [-0.2, 0) is 0 Å². The quantitative estimate of drug-likeness (QED) is 0.775. The predicted molar refractivity (Wildman–Crippen MR) is 52.5 cm³/mol. The van der Waals surface area contributed by atoms with Crippen LogP contribution in [0.15, 0.2) is 30.5 Å². The fourth-order valence-corrected chi connectivity index (χ4v) is 1.38. The largest absolute Gasteiger partial charge is 0.366 e. The summed E-state index contributed by atoms with van der Waals surface area (Å²) in [5.41, 5.74) is 6.03. The van der Waals surface area contributed by atoms with Crippen molar-refractivity contribution in [1.29, 1.82) is 0 Å². The van der Waals surface area contributed by atoms with Crippen molar-refractivity contribution in [2.45, 2.75) is 0 Å². The first-order valence-corrected chi connectivity index (χ1v) is 4.28. The van der Waals surface area contributed by atoms with Gasteiger partial charge in [0.2, 0.25) is 5.91 Å². The standard InChI is InChI=1S/C10H8FN3O/c11-8-5-13-14-9(8)6-3-1-2-4-7(6)10(12)15/h1-5H,(H2,12,15)(H,13,14). The molecule has 0 saturated carbocycles. The number of rotatable bonds is 2. The number of hydrogen-bond donors (Lipinski definition) is 2. The maximum atomic E-state index is 13.2. The van der Waals surface area contributed by atoms with Gasteiger partial charge in [0.25, 0.3) is 0 Å². The molecule has 5 heteroatoms. The van der Waals surface area contributed by atoms with Crippen molar-refractivity contribution < 1.29 is 9.18 Å². The Bertz CT molecular complexity index is 507. The summed E-state index contributed by atoms with van der Waals surface area (Å²) in [6.07, 6.45) is 1.05. The second kappa shape index (κ2) is 3.53. The molecule has 1 aromatic carbocycles. The Kier molecular flexibility index (Phi) is 2.21. The smallest absolute Gasteiger partial charge is 0.249 e. The summed E-state index contributed by atoms with van der Waals surface area (Å²) >= 11 is 0. The normalized spacial score (nSPS) is 10.2. The van der Waals surface area contributed by atoms with E-state index in [-0.39, 0.29) is 11.3 Å². The van der Waals surface area contributed by atoms with E-state index in [4.69, 9.17) is 5.73 Å². The summed E-state index contributed by atoms with van der Waals surface area (Å²) < 4.78 is 13.2. The van der Waals surface area contributed by atoms with Crippen molar-refractivity contribution >= 4 is 5.91 Å². The summed E-state index contributed by atoms with van der Waals surface area (Å²) in [4.78, 5) is 11.1. The Hall–Kier alpha value is -2.17. The molecule has 0 radical (unpaired) electrons. The lowest BCUT2D eigenvalue weighted by Gasteiger charge is -2.03. The van der Waals surface area contributed by atoms with E-state index in [2.05, 4.69) is 10.2 Å². The molecule has 15 heavy (non-hydrogen) atoms. The van der Waals surface area contributed by atoms with Gasteiger partial charge >= 0.3 is 0 Å². The first-order chi connectivity index (χ1) is 7.20. The third kappa shape index (κ3) is 1.59. The van der Waals surface area contributed by atoms with Crippen LogP contribution in [0.2, 0.25) is 0 Å². The second-order valence-corrected chi connectivity index (χ2v) is 3.00. The third-order valence-corrected chi connectivity index (χ3v) is 2.05. The van der Waals surface area contributed by atoms with Crippen LogP contribution in [0.3, 0.4) is 0 Å². The number of carbonyl (C=O) groups is 1. The van der Waals surface area contributed by atoms with Gasteiger partial charge in [0, 0.05) is 11.1 Å². The fraction of sp³-hybridized carbons (Fsp3) is 0. The lowest BCUT2D eigenvalue weighted by atomic mass is 10.0. The van der Waals surface area contributed by atoms with Gasteiger partial charge in [0.15, 0.2) is 5.82 Å². The van der Waals surface area contributed by atoms with Crippen molar-refractivity contribution in [3.63, 3.8) is 0 Å². The number of halogens is 1. The molecule has 0 aliphatic heterocycles. The monoisotopic (exact) mass is 205 g/mol. The number of amides is 1. The van der Waals surface area contributed by atoms with Crippen LogP contribution in [0, 0.1) is 5.82 Å². The van der Waals surface area contributed by atoms with Crippen LogP contribution in [-0.4, -0.2) is 16.1 Å². The van der Waals surface area contributed by atoms with Crippen LogP contribution in [0.25, 0.3) is 11.3 Å².